The maximum Gasteiger partial charge on any atom is 0.412 e. The molecule has 0 aliphatic carbocycles. The van der Waals surface area contributed by atoms with E-state index < -0.39 is 23.6 Å². The van der Waals surface area contributed by atoms with E-state index in [1.807, 2.05) is 0 Å². The Hall–Kier alpha value is -2.64. The van der Waals surface area contributed by atoms with Crippen molar-refractivity contribution in [2.24, 2.45) is 0 Å². The minimum absolute atomic E-state index is 0.142. The Morgan fingerprint density at radius 2 is 1.45 bits per heavy atom. The summed E-state index contributed by atoms with van der Waals surface area (Å²) in [5.74, 6) is -1.50. The summed E-state index contributed by atoms with van der Waals surface area (Å²) in [6.45, 7) is 5.12. The number of hydrogen-bond acceptors (Lipinski definition) is 7. The van der Waals surface area contributed by atoms with Crippen molar-refractivity contribution in [3.8, 4) is 0 Å². The van der Waals surface area contributed by atoms with Gasteiger partial charge < -0.3 is 14.2 Å². The van der Waals surface area contributed by atoms with Gasteiger partial charge in [0.25, 0.3) is 0 Å². The van der Waals surface area contributed by atoms with Crippen molar-refractivity contribution in [2.75, 3.05) is 19.5 Å². The molecule has 1 N–H and O–H groups in total. The average molecular weight is 310 g/mol. The lowest BCUT2D eigenvalue weighted by Gasteiger charge is -2.19. The molecule has 0 spiro atoms. The Bertz CT molecular complexity index is 557. The van der Waals surface area contributed by atoms with Gasteiger partial charge in [-0.1, -0.05) is 0 Å². The van der Waals surface area contributed by atoms with E-state index in [1.54, 1.807) is 20.8 Å². The minimum atomic E-state index is -0.752. The molecule has 1 aromatic rings. The number of pyridine rings is 1. The summed E-state index contributed by atoms with van der Waals surface area (Å²) in [7, 11) is 2.35. The van der Waals surface area contributed by atoms with Crippen LogP contribution in [0.3, 0.4) is 0 Å². The lowest BCUT2D eigenvalue weighted by molar-refractivity contribution is 0.0579. The van der Waals surface area contributed by atoms with Crippen LogP contribution in [-0.4, -0.2) is 42.8 Å². The van der Waals surface area contributed by atoms with Gasteiger partial charge in [-0.3, -0.25) is 5.32 Å². The van der Waals surface area contributed by atoms with Crippen molar-refractivity contribution in [2.45, 2.75) is 26.4 Å². The van der Waals surface area contributed by atoms with E-state index in [1.165, 1.54) is 26.4 Å². The van der Waals surface area contributed by atoms with Crippen LogP contribution in [0.4, 0.5) is 10.5 Å². The first kappa shape index (κ1) is 17.4. The van der Waals surface area contributed by atoms with E-state index in [-0.39, 0.29) is 17.1 Å². The molecule has 1 rings (SSSR count). The first-order chi connectivity index (χ1) is 10.2. The minimum Gasteiger partial charge on any atom is -0.464 e. The van der Waals surface area contributed by atoms with Crippen molar-refractivity contribution < 1.29 is 28.6 Å². The number of anilines is 1. The highest BCUT2D eigenvalue weighted by Gasteiger charge is 2.19. The predicted molar refractivity (Wildman–Crippen MR) is 76.8 cm³/mol. The van der Waals surface area contributed by atoms with Crippen LogP contribution in [0.5, 0.6) is 0 Å². The van der Waals surface area contributed by atoms with Gasteiger partial charge in [-0.05, 0) is 32.9 Å². The van der Waals surface area contributed by atoms with E-state index in [0.29, 0.717) is 0 Å². The molecule has 0 bridgehead atoms. The fourth-order valence-corrected chi connectivity index (χ4v) is 1.44. The van der Waals surface area contributed by atoms with E-state index in [0.717, 1.165) is 0 Å². The molecule has 1 amide bonds. The standard InChI is InChI=1S/C14H18N2O6/c1-14(2,3)22-13(19)15-8-6-9(11(17)20-4)16-10(7-8)12(18)21-5/h6-7H,1-5H3,(H,15,16,19). The fourth-order valence-electron chi connectivity index (χ4n) is 1.44. The van der Waals surface area contributed by atoms with Gasteiger partial charge in [-0.25, -0.2) is 19.4 Å². The molecule has 1 aromatic heterocycles. The first-order valence-electron chi connectivity index (χ1n) is 6.35. The molecule has 0 aromatic carbocycles. The van der Waals surface area contributed by atoms with Crippen LogP contribution >= 0.6 is 0 Å². The molecular formula is C14H18N2O6. The maximum atomic E-state index is 11.7. The lowest BCUT2D eigenvalue weighted by Crippen LogP contribution is -2.27. The zero-order valence-corrected chi connectivity index (χ0v) is 13.1. The number of aromatic nitrogens is 1. The number of methoxy groups -OCH3 is 2. The summed E-state index contributed by atoms with van der Waals surface area (Å²) >= 11 is 0. The molecule has 0 fully saturated rings. The molecule has 0 atom stereocenters. The molecular weight excluding hydrogens is 292 g/mol. The molecule has 120 valence electrons. The molecule has 8 nitrogen and oxygen atoms in total. The Balaban J connectivity index is 3.10. The zero-order chi connectivity index (χ0) is 16.9. The summed E-state index contributed by atoms with van der Waals surface area (Å²) < 4.78 is 14.2. The second-order valence-corrected chi connectivity index (χ2v) is 5.24. The van der Waals surface area contributed by atoms with Gasteiger partial charge in [0, 0.05) is 5.69 Å². The normalized spacial score (nSPS) is 10.6. The molecule has 0 saturated carbocycles. The van der Waals surface area contributed by atoms with Crippen molar-refractivity contribution in [3.05, 3.63) is 23.5 Å². The quantitative estimate of drug-likeness (QED) is 0.672. The van der Waals surface area contributed by atoms with Crippen LogP contribution < -0.4 is 5.32 Å². The number of amides is 1. The summed E-state index contributed by atoms with van der Waals surface area (Å²) in [5.41, 5.74) is -0.814. The van der Waals surface area contributed by atoms with E-state index in [4.69, 9.17) is 4.74 Å². The number of nitrogens with zero attached hydrogens (tertiary/aromatic N) is 1. The van der Waals surface area contributed by atoms with Gasteiger partial charge in [0.1, 0.15) is 5.60 Å². The molecule has 0 aliphatic heterocycles. The molecule has 0 radical (unpaired) electrons. The zero-order valence-electron chi connectivity index (χ0n) is 13.1. The number of esters is 2. The predicted octanol–water partition coefficient (Wildman–Crippen LogP) is 2.00. The van der Waals surface area contributed by atoms with Crippen LogP contribution in [0.15, 0.2) is 12.1 Å². The van der Waals surface area contributed by atoms with Gasteiger partial charge in [0.15, 0.2) is 11.4 Å². The largest absolute Gasteiger partial charge is 0.464 e. The van der Waals surface area contributed by atoms with Gasteiger partial charge in [0.2, 0.25) is 0 Å². The molecule has 22 heavy (non-hydrogen) atoms. The van der Waals surface area contributed by atoms with Crippen molar-refractivity contribution >= 4 is 23.7 Å². The van der Waals surface area contributed by atoms with E-state index in [2.05, 4.69) is 19.8 Å². The van der Waals surface area contributed by atoms with Gasteiger partial charge in [-0.2, -0.15) is 0 Å². The number of hydrogen-bond donors (Lipinski definition) is 1. The average Bonchev–Trinajstić information content (AvgIpc) is 2.42. The summed E-state index contributed by atoms with van der Waals surface area (Å²) in [5, 5.41) is 2.42. The topological polar surface area (TPSA) is 104 Å². The third-order valence-corrected chi connectivity index (χ3v) is 2.26. The van der Waals surface area contributed by atoms with Gasteiger partial charge in [-0.15, -0.1) is 0 Å². The van der Waals surface area contributed by atoms with E-state index in [9.17, 15) is 14.4 Å². The number of carbonyl (C=O) groups is 3. The fraction of sp³-hybridized carbons (Fsp3) is 0.429. The SMILES string of the molecule is COC(=O)c1cc(NC(=O)OC(C)(C)C)cc(C(=O)OC)n1. The van der Waals surface area contributed by atoms with Crippen LogP contribution in [0.1, 0.15) is 41.7 Å². The molecule has 0 aliphatic rings. The maximum absolute atomic E-state index is 11.7. The third-order valence-electron chi connectivity index (χ3n) is 2.26. The highest BCUT2D eigenvalue weighted by Crippen LogP contribution is 2.15. The highest BCUT2D eigenvalue weighted by atomic mass is 16.6. The first-order valence-corrected chi connectivity index (χ1v) is 6.35. The number of carbonyl (C=O) groups excluding carboxylic acids is 3. The monoisotopic (exact) mass is 310 g/mol. The third kappa shape index (κ3) is 5.04. The molecule has 1 heterocycles. The van der Waals surface area contributed by atoms with Crippen molar-refractivity contribution in [3.63, 3.8) is 0 Å². The second-order valence-electron chi connectivity index (χ2n) is 5.24. The van der Waals surface area contributed by atoms with Gasteiger partial charge >= 0.3 is 18.0 Å². The van der Waals surface area contributed by atoms with Crippen LogP contribution in [0, 0.1) is 0 Å². The summed E-state index contributed by atoms with van der Waals surface area (Å²) in [6.07, 6.45) is -0.731. The number of nitrogens with one attached hydrogen (secondary N) is 1. The van der Waals surface area contributed by atoms with Crippen molar-refractivity contribution in [1.82, 2.24) is 4.98 Å². The highest BCUT2D eigenvalue weighted by molar-refractivity contribution is 5.95. The number of ether oxygens (including phenoxy) is 3. The smallest absolute Gasteiger partial charge is 0.412 e. The van der Waals surface area contributed by atoms with Gasteiger partial charge in [0.05, 0.1) is 14.2 Å². The van der Waals surface area contributed by atoms with Crippen LogP contribution in [-0.2, 0) is 14.2 Å². The number of rotatable bonds is 3. The molecule has 8 heteroatoms. The lowest BCUT2D eigenvalue weighted by atomic mass is 10.2. The van der Waals surface area contributed by atoms with E-state index >= 15 is 0 Å². The Morgan fingerprint density at radius 1 is 1.00 bits per heavy atom. The van der Waals surface area contributed by atoms with Crippen LogP contribution in [0.25, 0.3) is 0 Å². The van der Waals surface area contributed by atoms with Crippen molar-refractivity contribution in [1.29, 1.82) is 0 Å². The molecule has 0 unspecified atom stereocenters. The second kappa shape index (κ2) is 6.88. The molecule has 0 saturated heterocycles. The summed E-state index contributed by atoms with van der Waals surface area (Å²) in [4.78, 5) is 38.7. The van der Waals surface area contributed by atoms with Crippen LogP contribution in [0.2, 0.25) is 0 Å². The Morgan fingerprint density at radius 3 is 1.82 bits per heavy atom. The Labute approximate surface area is 127 Å². The summed E-state index contributed by atoms with van der Waals surface area (Å²) in [6, 6.07) is 2.53. The Kier molecular flexibility index (Phi) is 5.44.